The van der Waals surface area contributed by atoms with Crippen molar-refractivity contribution in [2.24, 2.45) is 5.92 Å². The summed E-state index contributed by atoms with van der Waals surface area (Å²) in [5.74, 6) is 0.126. The number of methoxy groups -OCH3 is 1. The van der Waals surface area contributed by atoms with E-state index in [0.29, 0.717) is 6.42 Å². The Labute approximate surface area is 101 Å². The van der Waals surface area contributed by atoms with Crippen molar-refractivity contribution in [3.05, 3.63) is 29.3 Å². The minimum absolute atomic E-state index is 0.0377. The van der Waals surface area contributed by atoms with Crippen LogP contribution in [0.3, 0.4) is 0 Å². The van der Waals surface area contributed by atoms with Gasteiger partial charge < -0.3 is 4.74 Å². The first-order valence-electron chi connectivity index (χ1n) is 5.75. The molecule has 0 N–H and O–H groups in total. The van der Waals surface area contributed by atoms with Crippen molar-refractivity contribution in [1.82, 2.24) is 0 Å². The van der Waals surface area contributed by atoms with Crippen LogP contribution in [0.2, 0.25) is 0 Å². The Kier molecular flexibility index (Phi) is 3.01. The lowest BCUT2D eigenvalue weighted by Gasteiger charge is -2.12. The molecule has 1 fully saturated rings. The summed E-state index contributed by atoms with van der Waals surface area (Å²) in [6.07, 6.45) is 0.370. The van der Waals surface area contributed by atoms with Crippen LogP contribution in [-0.2, 0) is 9.59 Å². The molecule has 1 aliphatic carbocycles. The van der Waals surface area contributed by atoms with Gasteiger partial charge in [-0.3, -0.25) is 9.59 Å². The third-order valence-corrected chi connectivity index (χ3v) is 3.39. The van der Waals surface area contributed by atoms with Crippen LogP contribution in [0.1, 0.15) is 30.4 Å². The summed E-state index contributed by atoms with van der Waals surface area (Å²) in [5, 5.41) is 0. The van der Waals surface area contributed by atoms with E-state index in [1.165, 1.54) is 0 Å². The third kappa shape index (κ3) is 1.97. The maximum absolute atomic E-state index is 12.0. The molecule has 1 aliphatic rings. The van der Waals surface area contributed by atoms with E-state index in [-0.39, 0.29) is 17.5 Å². The van der Waals surface area contributed by atoms with Gasteiger partial charge in [-0.1, -0.05) is 13.0 Å². The molecule has 3 heteroatoms. The summed E-state index contributed by atoms with van der Waals surface area (Å²) in [5.41, 5.74) is 1.76. The molecule has 90 valence electrons. The highest BCUT2D eigenvalue weighted by Crippen LogP contribution is 2.34. The molecule has 2 rings (SSSR count). The number of carbonyl (C=O) groups is 2. The molecule has 1 aromatic carbocycles. The van der Waals surface area contributed by atoms with Crippen LogP contribution in [0.15, 0.2) is 18.2 Å². The van der Waals surface area contributed by atoms with Gasteiger partial charge in [0.05, 0.1) is 7.11 Å². The van der Waals surface area contributed by atoms with Crippen LogP contribution in [0.4, 0.5) is 0 Å². The average Bonchev–Trinajstić information content (AvgIpc) is 2.54. The molecule has 0 heterocycles. The molecular weight excluding hydrogens is 216 g/mol. The van der Waals surface area contributed by atoms with Gasteiger partial charge in [0.1, 0.15) is 17.5 Å². The van der Waals surface area contributed by atoms with E-state index in [1.54, 1.807) is 13.2 Å². The number of Topliss-reactive ketones (excluding diaryl/α,β-unsaturated/α-hetero) is 2. The number of hydrogen-bond acceptors (Lipinski definition) is 3. The normalized spacial score (nSPS) is 24.2. The van der Waals surface area contributed by atoms with Crippen molar-refractivity contribution in [1.29, 1.82) is 0 Å². The predicted octanol–water partition coefficient (Wildman–Crippen LogP) is 2.27. The molecule has 2 unspecified atom stereocenters. The van der Waals surface area contributed by atoms with Crippen LogP contribution < -0.4 is 4.74 Å². The molecule has 0 bridgehead atoms. The summed E-state index contributed by atoms with van der Waals surface area (Å²) in [6.45, 7) is 3.72. The molecule has 0 amide bonds. The second kappa shape index (κ2) is 4.32. The minimum Gasteiger partial charge on any atom is -0.497 e. The summed E-state index contributed by atoms with van der Waals surface area (Å²) >= 11 is 0. The number of rotatable bonds is 2. The van der Waals surface area contributed by atoms with Crippen molar-refractivity contribution in [2.45, 2.75) is 26.2 Å². The summed E-state index contributed by atoms with van der Waals surface area (Å²) in [7, 11) is 1.60. The number of carbonyl (C=O) groups excluding carboxylic acids is 2. The number of aryl methyl sites for hydroxylation is 1. The Morgan fingerprint density at radius 3 is 2.47 bits per heavy atom. The van der Waals surface area contributed by atoms with Crippen molar-refractivity contribution in [2.75, 3.05) is 7.11 Å². The fourth-order valence-corrected chi connectivity index (χ4v) is 2.39. The molecule has 1 saturated carbocycles. The zero-order valence-electron chi connectivity index (χ0n) is 10.3. The van der Waals surface area contributed by atoms with E-state index < -0.39 is 5.92 Å². The molecule has 2 atom stereocenters. The Balaban J connectivity index is 2.41. The van der Waals surface area contributed by atoms with Crippen LogP contribution in [0, 0.1) is 12.8 Å². The standard InChI is InChI=1S/C14H16O3/c1-8-6-10(17-3)4-5-11(8)13-12(15)7-9(2)14(13)16/h4-6,9,13H,7H2,1-3H3. The lowest BCUT2D eigenvalue weighted by atomic mass is 9.91. The highest BCUT2D eigenvalue weighted by Gasteiger charge is 2.40. The molecule has 3 nitrogen and oxygen atoms in total. The lowest BCUT2D eigenvalue weighted by Crippen LogP contribution is -2.15. The Bertz CT molecular complexity index is 476. The van der Waals surface area contributed by atoms with Gasteiger partial charge >= 0.3 is 0 Å². The first-order valence-corrected chi connectivity index (χ1v) is 5.75. The molecule has 0 spiro atoms. The second-order valence-corrected chi connectivity index (χ2v) is 4.63. The maximum atomic E-state index is 12.0. The fraction of sp³-hybridized carbons (Fsp3) is 0.429. The van der Waals surface area contributed by atoms with Crippen molar-refractivity contribution >= 4 is 11.6 Å². The third-order valence-electron chi connectivity index (χ3n) is 3.39. The summed E-state index contributed by atoms with van der Waals surface area (Å²) in [4.78, 5) is 23.8. The average molecular weight is 232 g/mol. The van der Waals surface area contributed by atoms with Gasteiger partial charge in [-0.05, 0) is 30.2 Å². The van der Waals surface area contributed by atoms with Crippen LogP contribution >= 0.6 is 0 Å². The van der Waals surface area contributed by atoms with Gasteiger partial charge in [-0.2, -0.15) is 0 Å². The number of ketones is 2. The summed E-state index contributed by atoms with van der Waals surface area (Å²) in [6, 6.07) is 5.48. The van der Waals surface area contributed by atoms with E-state index in [2.05, 4.69) is 0 Å². The predicted molar refractivity (Wildman–Crippen MR) is 64.3 cm³/mol. The fourth-order valence-electron chi connectivity index (χ4n) is 2.39. The SMILES string of the molecule is COc1ccc(C2C(=O)CC(C)C2=O)c(C)c1. The molecule has 1 aromatic rings. The largest absolute Gasteiger partial charge is 0.497 e. The van der Waals surface area contributed by atoms with Gasteiger partial charge in [-0.15, -0.1) is 0 Å². The molecule has 17 heavy (non-hydrogen) atoms. The van der Waals surface area contributed by atoms with Gasteiger partial charge in [0, 0.05) is 12.3 Å². The zero-order valence-corrected chi connectivity index (χ0v) is 10.3. The minimum atomic E-state index is -0.559. The number of ether oxygens (including phenoxy) is 1. The Hall–Kier alpha value is -1.64. The topological polar surface area (TPSA) is 43.4 Å². The smallest absolute Gasteiger partial charge is 0.150 e. The Morgan fingerprint density at radius 2 is 2.00 bits per heavy atom. The quantitative estimate of drug-likeness (QED) is 0.735. The van der Waals surface area contributed by atoms with E-state index in [9.17, 15) is 9.59 Å². The maximum Gasteiger partial charge on any atom is 0.150 e. The Morgan fingerprint density at radius 1 is 1.29 bits per heavy atom. The van der Waals surface area contributed by atoms with Gasteiger partial charge in [-0.25, -0.2) is 0 Å². The first-order chi connectivity index (χ1) is 8.04. The molecule has 0 radical (unpaired) electrons. The second-order valence-electron chi connectivity index (χ2n) is 4.63. The number of hydrogen-bond donors (Lipinski definition) is 0. The van der Waals surface area contributed by atoms with E-state index >= 15 is 0 Å². The van der Waals surface area contributed by atoms with Crippen LogP contribution in [0.5, 0.6) is 5.75 Å². The van der Waals surface area contributed by atoms with Gasteiger partial charge in [0.15, 0.2) is 5.78 Å². The zero-order chi connectivity index (χ0) is 12.6. The highest BCUT2D eigenvalue weighted by atomic mass is 16.5. The highest BCUT2D eigenvalue weighted by molar-refractivity contribution is 6.14. The van der Waals surface area contributed by atoms with Crippen LogP contribution in [0.25, 0.3) is 0 Å². The lowest BCUT2D eigenvalue weighted by molar-refractivity contribution is -0.124. The molecule has 0 saturated heterocycles. The molecule has 0 aliphatic heterocycles. The van der Waals surface area contributed by atoms with E-state index in [0.717, 1.165) is 16.9 Å². The van der Waals surface area contributed by atoms with Crippen molar-refractivity contribution in [3.63, 3.8) is 0 Å². The van der Waals surface area contributed by atoms with E-state index in [1.807, 2.05) is 26.0 Å². The van der Waals surface area contributed by atoms with Crippen molar-refractivity contribution < 1.29 is 14.3 Å². The first kappa shape index (κ1) is 11.8. The van der Waals surface area contributed by atoms with Gasteiger partial charge in [0.25, 0.3) is 0 Å². The van der Waals surface area contributed by atoms with E-state index in [4.69, 9.17) is 4.74 Å². The van der Waals surface area contributed by atoms with Gasteiger partial charge in [0.2, 0.25) is 0 Å². The molecule has 0 aromatic heterocycles. The summed E-state index contributed by atoms with van der Waals surface area (Å²) < 4.78 is 5.12. The van der Waals surface area contributed by atoms with Crippen molar-refractivity contribution in [3.8, 4) is 5.75 Å². The van der Waals surface area contributed by atoms with Crippen LogP contribution in [-0.4, -0.2) is 18.7 Å². The molecular formula is C14H16O3. The monoisotopic (exact) mass is 232 g/mol. The number of benzene rings is 1.